The molecule has 0 atom stereocenters. The first-order chi connectivity index (χ1) is 12.9. The van der Waals surface area contributed by atoms with Gasteiger partial charge in [0.2, 0.25) is 0 Å². The largest absolute Gasteiger partial charge is 0.192 e. The second-order valence-corrected chi connectivity index (χ2v) is 6.16. The molecule has 0 aromatic heterocycles. The van der Waals surface area contributed by atoms with Gasteiger partial charge in [0.15, 0.2) is 0 Å². The van der Waals surface area contributed by atoms with Crippen LogP contribution in [0.5, 0.6) is 0 Å². The lowest BCUT2D eigenvalue weighted by Crippen LogP contribution is -1.94. The zero-order chi connectivity index (χ0) is 17.8. The topological polar surface area (TPSA) is 23.8 Å². The van der Waals surface area contributed by atoms with Crippen LogP contribution in [0.3, 0.4) is 0 Å². The normalized spacial score (nSPS) is 11.7. The maximum Gasteiger partial charge on any atom is 0.100 e. The zero-order valence-corrected chi connectivity index (χ0v) is 14.3. The van der Waals surface area contributed by atoms with Crippen LogP contribution in [0.4, 0.5) is 0 Å². The molecule has 0 bridgehead atoms. The Hall–Kier alpha value is -3.63. The summed E-state index contributed by atoms with van der Waals surface area (Å²) in [5.41, 5.74) is 4.68. The van der Waals surface area contributed by atoms with Crippen molar-refractivity contribution < 1.29 is 0 Å². The number of hydrogen-bond donors (Lipinski definition) is 0. The van der Waals surface area contributed by atoms with Crippen LogP contribution in [-0.4, -0.2) is 0 Å². The first-order valence-electron chi connectivity index (χ1n) is 8.61. The molecule has 1 nitrogen and oxygen atoms in total. The molecule has 0 N–H and O–H groups in total. The van der Waals surface area contributed by atoms with Crippen LogP contribution < -0.4 is 0 Å². The Labute approximate surface area is 153 Å². The predicted octanol–water partition coefficient (Wildman–Crippen LogP) is 6.32. The van der Waals surface area contributed by atoms with E-state index >= 15 is 0 Å². The van der Waals surface area contributed by atoms with Crippen molar-refractivity contribution in [2.75, 3.05) is 0 Å². The van der Waals surface area contributed by atoms with Gasteiger partial charge in [-0.1, -0.05) is 97.1 Å². The number of fused-ring (bicyclic) bond motifs is 1. The SMILES string of the molecule is N#C/C(=C(/c1ccccc1)c1ccc2ccccc2c1)c1ccccc1. The van der Waals surface area contributed by atoms with E-state index in [1.54, 1.807) is 0 Å². The number of nitriles is 1. The highest BCUT2D eigenvalue weighted by atomic mass is 14.3. The molecule has 0 radical (unpaired) electrons. The number of rotatable bonds is 3. The van der Waals surface area contributed by atoms with Crippen molar-refractivity contribution in [3.05, 3.63) is 120 Å². The van der Waals surface area contributed by atoms with Crippen molar-refractivity contribution >= 4 is 21.9 Å². The summed E-state index contributed by atoms with van der Waals surface area (Å²) < 4.78 is 0. The lowest BCUT2D eigenvalue weighted by Gasteiger charge is -2.13. The second-order valence-electron chi connectivity index (χ2n) is 6.16. The van der Waals surface area contributed by atoms with Crippen molar-refractivity contribution in [3.8, 4) is 6.07 Å². The van der Waals surface area contributed by atoms with E-state index in [9.17, 15) is 5.26 Å². The fourth-order valence-electron chi connectivity index (χ4n) is 3.27. The minimum Gasteiger partial charge on any atom is -0.192 e. The molecule has 1 heteroatoms. The number of nitrogens with zero attached hydrogens (tertiary/aromatic N) is 1. The molecule has 4 rings (SSSR count). The van der Waals surface area contributed by atoms with Crippen LogP contribution in [0.25, 0.3) is 21.9 Å². The summed E-state index contributed by atoms with van der Waals surface area (Å²) in [4.78, 5) is 0. The van der Waals surface area contributed by atoms with Crippen LogP contribution in [0, 0.1) is 11.3 Å². The van der Waals surface area contributed by atoms with Gasteiger partial charge in [-0.25, -0.2) is 0 Å². The van der Waals surface area contributed by atoms with Gasteiger partial charge in [0, 0.05) is 5.57 Å². The third kappa shape index (κ3) is 3.01. The predicted molar refractivity (Wildman–Crippen MR) is 108 cm³/mol. The zero-order valence-electron chi connectivity index (χ0n) is 14.3. The first kappa shape index (κ1) is 15.9. The van der Waals surface area contributed by atoms with Gasteiger partial charge in [0.05, 0.1) is 5.57 Å². The Morgan fingerprint density at radius 2 is 1.12 bits per heavy atom. The Morgan fingerprint density at radius 1 is 0.538 bits per heavy atom. The molecule has 0 aliphatic heterocycles. The summed E-state index contributed by atoms with van der Waals surface area (Å²) in [5, 5.41) is 12.3. The van der Waals surface area contributed by atoms with Gasteiger partial charge < -0.3 is 0 Å². The van der Waals surface area contributed by atoms with Crippen LogP contribution in [0.2, 0.25) is 0 Å². The summed E-state index contributed by atoms with van der Waals surface area (Å²) in [5.74, 6) is 0. The highest BCUT2D eigenvalue weighted by Crippen LogP contribution is 2.33. The van der Waals surface area contributed by atoms with Crippen LogP contribution in [0.15, 0.2) is 103 Å². The smallest absolute Gasteiger partial charge is 0.100 e. The van der Waals surface area contributed by atoms with Gasteiger partial charge in [-0.15, -0.1) is 0 Å². The van der Waals surface area contributed by atoms with E-state index in [1.807, 2.05) is 60.7 Å². The maximum atomic E-state index is 9.98. The molecule has 0 saturated carbocycles. The molecule has 0 saturated heterocycles. The summed E-state index contributed by atoms with van der Waals surface area (Å²) >= 11 is 0. The molecule has 0 spiro atoms. The average molecular weight is 331 g/mol. The lowest BCUT2D eigenvalue weighted by molar-refractivity contribution is 1.50. The van der Waals surface area contributed by atoms with Crippen LogP contribution >= 0.6 is 0 Å². The second kappa shape index (κ2) is 7.09. The molecule has 0 unspecified atom stereocenters. The third-order valence-corrected chi connectivity index (χ3v) is 4.52. The fourth-order valence-corrected chi connectivity index (χ4v) is 3.27. The minimum absolute atomic E-state index is 0.687. The van der Waals surface area contributed by atoms with E-state index in [0.29, 0.717) is 5.57 Å². The van der Waals surface area contributed by atoms with Crippen LogP contribution in [0.1, 0.15) is 16.7 Å². The lowest BCUT2D eigenvalue weighted by atomic mass is 9.89. The van der Waals surface area contributed by atoms with Gasteiger partial charge in [-0.3, -0.25) is 0 Å². The molecule has 26 heavy (non-hydrogen) atoms. The van der Waals surface area contributed by atoms with Crippen LogP contribution in [-0.2, 0) is 0 Å². The van der Waals surface area contributed by atoms with Crippen molar-refractivity contribution in [3.63, 3.8) is 0 Å². The molecule has 0 fully saturated rings. The molecule has 0 aliphatic rings. The Balaban J connectivity index is 2.02. The fraction of sp³-hybridized carbons (Fsp3) is 0. The third-order valence-electron chi connectivity index (χ3n) is 4.52. The molecular formula is C25H17N. The van der Waals surface area contributed by atoms with Gasteiger partial charge in [0.25, 0.3) is 0 Å². The molecule has 4 aromatic rings. The number of hydrogen-bond acceptors (Lipinski definition) is 1. The summed E-state index contributed by atoms with van der Waals surface area (Å²) in [6.45, 7) is 0. The van der Waals surface area contributed by atoms with Gasteiger partial charge in [-0.05, 0) is 33.5 Å². The molecule has 0 aliphatic carbocycles. The van der Waals surface area contributed by atoms with Gasteiger partial charge >= 0.3 is 0 Å². The van der Waals surface area contributed by atoms with E-state index < -0.39 is 0 Å². The van der Waals surface area contributed by atoms with Crippen molar-refractivity contribution in [2.45, 2.75) is 0 Å². The summed E-state index contributed by atoms with van der Waals surface area (Å²) in [6, 6.07) is 37.1. The molecular weight excluding hydrogens is 314 g/mol. The monoisotopic (exact) mass is 331 g/mol. The Morgan fingerprint density at radius 3 is 1.77 bits per heavy atom. The van der Waals surface area contributed by atoms with E-state index in [-0.39, 0.29) is 0 Å². The van der Waals surface area contributed by atoms with E-state index in [4.69, 9.17) is 0 Å². The standard InChI is InChI=1S/C25H17N/c26-18-24(20-10-3-1-4-11-20)25(21-12-5-2-6-13-21)23-16-15-19-9-7-8-14-22(19)17-23/h1-17H/b25-24+. The van der Waals surface area contributed by atoms with Crippen molar-refractivity contribution in [1.82, 2.24) is 0 Å². The highest BCUT2D eigenvalue weighted by Gasteiger charge is 2.14. The van der Waals surface area contributed by atoms with E-state index in [1.165, 1.54) is 10.8 Å². The van der Waals surface area contributed by atoms with Gasteiger partial charge in [-0.2, -0.15) is 5.26 Å². The summed E-state index contributed by atoms with van der Waals surface area (Å²) in [6.07, 6.45) is 0. The highest BCUT2D eigenvalue weighted by molar-refractivity contribution is 6.05. The van der Waals surface area contributed by atoms with E-state index in [0.717, 1.165) is 22.3 Å². The van der Waals surface area contributed by atoms with Gasteiger partial charge in [0.1, 0.15) is 6.07 Å². The molecule has 0 heterocycles. The Bertz CT molecular complexity index is 1120. The first-order valence-corrected chi connectivity index (χ1v) is 8.61. The van der Waals surface area contributed by atoms with E-state index in [2.05, 4.69) is 48.5 Å². The van der Waals surface area contributed by atoms with Crippen molar-refractivity contribution in [1.29, 1.82) is 5.26 Å². The van der Waals surface area contributed by atoms with Crippen molar-refractivity contribution in [2.24, 2.45) is 0 Å². The summed E-state index contributed by atoms with van der Waals surface area (Å²) in [7, 11) is 0. The quantitative estimate of drug-likeness (QED) is 0.318. The minimum atomic E-state index is 0.687. The number of benzene rings is 4. The Kier molecular flexibility index (Phi) is 4.33. The molecule has 4 aromatic carbocycles. The molecule has 0 amide bonds. The maximum absolute atomic E-state index is 9.98. The molecule has 122 valence electrons. The number of allylic oxidation sites excluding steroid dienone is 1. The average Bonchev–Trinajstić information content (AvgIpc) is 2.73.